The third kappa shape index (κ3) is 4.77. The summed E-state index contributed by atoms with van der Waals surface area (Å²) < 4.78 is 58.6. The highest BCUT2D eigenvalue weighted by molar-refractivity contribution is 5.56. The van der Waals surface area contributed by atoms with E-state index in [0.717, 1.165) is 48.3 Å². The predicted molar refractivity (Wildman–Crippen MR) is 129 cm³/mol. The molecule has 0 aromatic carbocycles. The Morgan fingerprint density at radius 1 is 1.11 bits per heavy atom. The second kappa shape index (κ2) is 9.53. The lowest BCUT2D eigenvalue weighted by Crippen LogP contribution is -2.39. The molecule has 4 aromatic rings. The van der Waals surface area contributed by atoms with Crippen molar-refractivity contribution in [2.45, 2.75) is 63.8 Å². The standard InChI is InChI=1S/C25H26F3N7O3/c1-13-14(2)37-22(30-13)16-6-7-20-33-34-21(35(20)10-16)15-4-3-5-17(8-15)31-24-29-9-19(25(26,27)28)23(32-24)38-18-11-36-12-18/h6-7,9-10,15,17-18H,3-5,8,11-12H2,1-2H3,(H,29,31,32)/t15-,17+/m0/s1. The third-order valence-corrected chi connectivity index (χ3v) is 7.02. The summed E-state index contributed by atoms with van der Waals surface area (Å²) in [6.45, 7) is 4.24. The smallest absolute Gasteiger partial charge is 0.423 e. The number of pyridine rings is 1. The van der Waals surface area contributed by atoms with Gasteiger partial charge in [0.25, 0.3) is 0 Å². The van der Waals surface area contributed by atoms with Gasteiger partial charge in [0.2, 0.25) is 17.7 Å². The molecule has 2 aliphatic rings. The Kier molecular flexibility index (Phi) is 6.17. The van der Waals surface area contributed by atoms with E-state index in [0.29, 0.717) is 18.0 Å². The molecule has 1 saturated carbocycles. The van der Waals surface area contributed by atoms with Gasteiger partial charge in [0.05, 0.1) is 24.5 Å². The van der Waals surface area contributed by atoms with Gasteiger partial charge in [-0.05, 0) is 45.2 Å². The first-order valence-electron chi connectivity index (χ1n) is 12.5. The fourth-order valence-corrected chi connectivity index (χ4v) is 4.81. The van der Waals surface area contributed by atoms with Gasteiger partial charge in [-0.3, -0.25) is 4.40 Å². The first-order valence-corrected chi connectivity index (χ1v) is 12.5. The van der Waals surface area contributed by atoms with E-state index >= 15 is 0 Å². The number of ether oxygens (including phenoxy) is 2. The Hall–Kier alpha value is -3.74. The minimum Gasteiger partial charge on any atom is -0.469 e. The topological polar surface area (TPSA) is 112 Å². The van der Waals surface area contributed by atoms with Crippen LogP contribution < -0.4 is 10.1 Å². The van der Waals surface area contributed by atoms with Crippen LogP contribution in [0.2, 0.25) is 0 Å². The number of alkyl halides is 3. The van der Waals surface area contributed by atoms with E-state index in [1.54, 1.807) is 0 Å². The first-order chi connectivity index (χ1) is 18.2. The lowest BCUT2D eigenvalue weighted by atomic mass is 9.85. The van der Waals surface area contributed by atoms with Gasteiger partial charge < -0.3 is 19.2 Å². The SMILES string of the molecule is Cc1nc(-c2ccc3nnc([C@H]4CCC[C@@H](Nc5ncc(C(F)(F)F)c(OC6COC6)n5)C4)n3c2)oc1C. The summed E-state index contributed by atoms with van der Waals surface area (Å²) in [4.78, 5) is 12.5. The van der Waals surface area contributed by atoms with Crippen molar-refractivity contribution in [2.75, 3.05) is 18.5 Å². The zero-order valence-electron chi connectivity index (χ0n) is 20.8. The monoisotopic (exact) mass is 529 g/mol. The van der Waals surface area contributed by atoms with Crippen LogP contribution in [0.4, 0.5) is 19.1 Å². The van der Waals surface area contributed by atoms with Gasteiger partial charge in [0, 0.05) is 24.4 Å². The summed E-state index contributed by atoms with van der Waals surface area (Å²) in [6, 6.07) is 3.73. The second-order valence-electron chi connectivity index (χ2n) is 9.76. The lowest BCUT2D eigenvalue weighted by Gasteiger charge is -2.30. The van der Waals surface area contributed by atoms with Crippen LogP contribution in [0, 0.1) is 13.8 Å². The van der Waals surface area contributed by atoms with Gasteiger partial charge in [0.15, 0.2) is 5.65 Å². The minimum atomic E-state index is -4.62. The first kappa shape index (κ1) is 24.6. The molecule has 1 aliphatic heterocycles. The fourth-order valence-electron chi connectivity index (χ4n) is 4.81. The van der Waals surface area contributed by atoms with Crippen LogP contribution in [0.1, 0.15) is 54.4 Å². The maximum Gasteiger partial charge on any atom is 0.423 e. The lowest BCUT2D eigenvalue weighted by molar-refractivity contribution is -0.142. The van der Waals surface area contributed by atoms with Gasteiger partial charge in [-0.2, -0.15) is 18.2 Å². The molecule has 0 amide bonds. The van der Waals surface area contributed by atoms with Gasteiger partial charge in [0.1, 0.15) is 23.3 Å². The highest BCUT2D eigenvalue weighted by Gasteiger charge is 2.38. The fraction of sp³-hybridized carbons (Fsp3) is 0.480. The summed E-state index contributed by atoms with van der Waals surface area (Å²) in [5.74, 6) is 1.82. The van der Waals surface area contributed by atoms with Crippen molar-refractivity contribution in [1.29, 1.82) is 0 Å². The quantitative estimate of drug-likeness (QED) is 0.379. The van der Waals surface area contributed by atoms with Crippen molar-refractivity contribution in [2.24, 2.45) is 0 Å². The number of aryl methyl sites for hydroxylation is 2. The molecule has 2 fully saturated rings. The molecule has 5 heterocycles. The van der Waals surface area contributed by atoms with Crippen molar-refractivity contribution in [3.05, 3.63) is 47.4 Å². The zero-order valence-corrected chi connectivity index (χ0v) is 20.8. The molecule has 2 atom stereocenters. The second-order valence-corrected chi connectivity index (χ2v) is 9.76. The van der Waals surface area contributed by atoms with E-state index < -0.39 is 23.7 Å². The molecule has 13 heteroatoms. The van der Waals surface area contributed by atoms with Crippen LogP contribution in [0.3, 0.4) is 0 Å². The number of aromatic nitrogens is 6. The molecule has 200 valence electrons. The molecule has 0 unspecified atom stereocenters. The van der Waals surface area contributed by atoms with E-state index in [1.165, 1.54) is 0 Å². The van der Waals surface area contributed by atoms with Gasteiger partial charge in [-0.1, -0.05) is 6.42 Å². The summed E-state index contributed by atoms with van der Waals surface area (Å²) in [5.41, 5.74) is 1.37. The van der Waals surface area contributed by atoms with Gasteiger partial charge >= 0.3 is 6.18 Å². The maximum absolute atomic E-state index is 13.5. The number of halogens is 3. The number of oxazole rings is 1. The zero-order chi connectivity index (χ0) is 26.4. The summed E-state index contributed by atoms with van der Waals surface area (Å²) in [6.07, 6.45) is 0.952. The Labute approximate surface area is 215 Å². The Balaban J connectivity index is 1.22. The number of nitrogens with one attached hydrogen (secondary N) is 1. The molecule has 0 bridgehead atoms. The molecular formula is C25H26F3N7O3. The van der Waals surface area contributed by atoms with Crippen molar-refractivity contribution in [1.82, 2.24) is 29.5 Å². The highest BCUT2D eigenvalue weighted by Crippen LogP contribution is 2.37. The van der Waals surface area contributed by atoms with Crippen LogP contribution >= 0.6 is 0 Å². The van der Waals surface area contributed by atoms with E-state index in [-0.39, 0.29) is 31.1 Å². The minimum absolute atomic E-state index is 0.0575. The van der Waals surface area contributed by atoms with E-state index in [2.05, 4.69) is 30.5 Å². The van der Waals surface area contributed by atoms with E-state index in [1.807, 2.05) is 36.6 Å². The van der Waals surface area contributed by atoms with Crippen LogP contribution in [-0.2, 0) is 10.9 Å². The molecule has 1 saturated heterocycles. The average Bonchev–Trinajstić information content (AvgIpc) is 3.43. The molecule has 0 radical (unpaired) electrons. The number of fused-ring (bicyclic) bond motifs is 1. The summed E-state index contributed by atoms with van der Waals surface area (Å²) in [5, 5.41) is 12.0. The predicted octanol–water partition coefficient (Wildman–Crippen LogP) is 4.73. The largest absolute Gasteiger partial charge is 0.469 e. The summed E-state index contributed by atoms with van der Waals surface area (Å²) >= 11 is 0. The Bertz CT molecular complexity index is 1440. The molecule has 1 N–H and O–H groups in total. The van der Waals surface area contributed by atoms with Crippen LogP contribution in [0.5, 0.6) is 5.88 Å². The van der Waals surface area contributed by atoms with Crippen molar-refractivity contribution >= 4 is 11.6 Å². The molecule has 4 aromatic heterocycles. The molecule has 38 heavy (non-hydrogen) atoms. The van der Waals surface area contributed by atoms with Gasteiger partial charge in [-0.25, -0.2) is 9.97 Å². The van der Waals surface area contributed by atoms with E-state index in [4.69, 9.17) is 13.9 Å². The summed E-state index contributed by atoms with van der Waals surface area (Å²) in [7, 11) is 0. The molecule has 10 nitrogen and oxygen atoms in total. The maximum atomic E-state index is 13.5. The highest BCUT2D eigenvalue weighted by atomic mass is 19.4. The normalized spacial score (nSPS) is 20.4. The van der Waals surface area contributed by atoms with Crippen LogP contribution in [0.25, 0.3) is 17.1 Å². The average molecular weight is 530 g/mol. The number of anilines is 1. The number of hydrogen-bond acceptors (Lipinski definition) is 9. The number of nitrogens with zero attached hydrogens (tertiary/aromatic N) is 6. The van der Waals surface area contributed by atoms with Crippen LogP contribution in [-0.4, -0.2) is 54.9 Å². The Morgan fingerprint density at radius 3 is 2.66 bits per heavy atom. The Morgan fingerprint density at radius 2 is 1.95 bits per heavy atom. The van der Waals surface area contributed by atoms with Crippen molar-refractivity contribution in [3.8, 4) is 17.3 Å². The van der Waals surface area contributed by atoms with Crippen molar-refractivity contribution in [3.63, 3.8) is 0 Å². The van der Waals surface area contributed by atoms with E-state index in [9.17, 15) is 13.2 Å². The van der Waals surface area contributed by atoms with Crippen molar-refractivity contribution < 1.29 is 27.1 Å². The molecular weight excluding hydrogens is 503 g/mol. The molecule has 6 rings (SSSR count). The number of hydrogen-bond donors (Lipinski definition) is 1. The molecule has 1 aliphatic carbocycles. The molecule has 0 spiro atoms. The number of rotatable bonds is 6. The van der Waals surface area contributed by atoms with Crippen LogP contribution in [0.15, 0.2) is 28.9 Å². The van der Waals surface area contributed by atoms with Gasteiger partial charge in [-0.15, -0.1) is 10.2 Å². The third-order valence-electron chi connectivity index (χ3n) is 7.02.